The Morgan fingerprint density at radius 1 is 1.38 bits per heavy atom. The second-order valence-corrected chi connectivity index (χ2v) is 6.93. The Hall–Kier alpha value is -0.880. The summed E-state index contributed by atoms with van der Waals surface area (Å²) in [5.74, 6) is 2.07. The summed E-state index contributed by atoms with van der Waals surface area (Å²) in [7, 11) is 0. The minimum absolute atomic E-state index is 0.530. The van der Waals surface area contributed by atoms with E-state index in [-0.39, 0.29) is 0 Å². The molecule has 21 heavy (non-hydrogen) atoms. The topological polar surface area (TPSA) is 70.1 Å². The van der Waals surface area contributed by atoms with E-state index in [9.17, 15) is 5.11 Å². The highest BCUT2D eigenvalue weighted by atomic mass is 79.9. The summed E-state index contributed by atoms with van der Waals surface area (Å²) in [4.78, 5) is 8.68. The van der Waals surface area contributed by atoms with Gasteiger partial charge in [0.2, 0.25) is 5.95 Å². The molecule has 1 aromatic rings. The van der Waals surface area contributed by atoms with Gasteiger partial charge in [-0.25, -0.2) is 4.98 Å². The van der Waals surface area contributed by atoms with Gasteiger partial charge >= 0.3 is 0 Å². The van der Waals surface area contributed by atoms with E-state index in [4.69, 9.17) is 0 Å². The third kappa shape index (κ3) is 4.81. The summed E-state index contributed by atoms with van der Waals surface area (Å²) in [5.41, 5.74) is -0.617. The van der Waals surface area contributed by atoms with Crippen molar-refractivity contribution < 1.29 is 5.11 Å². The van der Waals surface area contributed by atoms with Gasteiger partial charge in [0.05, 0.1) is 10.1 Å². The Morgan fingerprint density at radius 3 is 2.76 bits per heavy atom. The monoisotopic (exact) mass is 356 g/mol. The fraction of sp³-hybridized carbons (Fsp3) is 0.733. The predicted octanol–water partition coefficient (Wildman–Crippen LogP) is 3.41. The van der Waals surface area contributed by atoms with Crippen molar-refractivity contribution in [3.8, 4) is 0 Å². The third-order valence-electron chi connectivity index (χ3n) is 4.07. The van der Waals surface area contributed by atoms with E-state index in [1.165, 1.54) is 0 Å². The highest BCUT2D eigenvalue weighted by Crippen LogP contribution is 2.32. The molecule has 1 fully saturated rings. The van der Waals surface area contributed by atoms with E-state index >= 15 is 0 Å². The second kappa shape index (κ2) is 7.40. The number of nitrogens with zero attached hydrogens (tertiary/aromatic N) is 2. The summed E-state index contributed by atoms with van der Waals surface area (Å²) in [6, 6.07) is 0. The first-order valence-electron chi connectivity index (χ1n) is 7.75. The Morgan fingerprint density at radius 2 is 2.10 bits per heavy atom. The lowest BCUT2D eigenvalue weighted by Gasteiger charge is -2.35. The van der Waals surface area contributed by atoms with Gasteiger partial charge in [-0.05, 0) is 54.0 Å². The number of hydrogen-bond donors (Lipinski definition) is 3. The van der Waals surface area contributed by atoms with Gasteiger partial charge in [-0.3, -0.25) is 0 Å². The third-order valence-corrected chi connectivity index (χ3v) is 4.65. The lowest BCUT2D eigenvalue weighted by Crippen LogP contribution is -2.40. The summed E-state index contributed by atoms with van der Waals surface area (Å²) in [5, 5.41) is 17.1. The van der Waals surface area contributed by atoms with Crippen molar-refractivity contribution in [1.82, 2.24) is 9.97 Å². The van der Waals surface area contributed by atoms with E-state index in [2.05, 4.69) is 50.4 Å². The van der Waals surface area contributed by atoms with Crippen LogP contribution in [0.5, 0.6) is 0 Å². The van der Waals surface area contributed by atoms with Crippen molar-refractivity contribution in [2.75, 3.05) is 23.7 Å². The van der Waals surface area contributed by atoms with E-state index in [1.54, 1.807) is 6.20 Å². The van der Waals surface area contributed by atoms with Crippen molar-refractivity contribution in [3.05, 3.63) is 10.7 Å². The average Bonchev–Trinajstić information content (AvgIpc) is 2.48. The molecular formula is C15H25BrN4O. The molecule has 6 heteroatoms. The standard InChI is InChI=1S/C15H25BrN4O/c1-3-8-17-14-18-9-12(16)13(20-14)19-10-15(21)6-4-11(2)5-7-15/h9,11,21H,3-8,10H2,1-2H3,(H2,17,18,19,20). The molecule has 1 aliphatic rings. The van der Waals surface area contributed by atoms with E-state index in [0.717, 1.165) is 54.9 Å². The smallest absolute Gasteiger partial charge is 0.224 e. The minimum atomic E-state index is -0.617. The highest BCUT2D eigenvalue weighted by molar-refractivity contribution is 9.10. The van der Waals surface area contributed by atoms with E-state index in [0.29, 0.717) is 12.5 Å². The van der Waals surface area contributed by atoms with Crippen LogP contribution >= 0.6 is 15.9 Å². The molecule has 1 aliphatic carbocycles. The molecule has 0 saturated heterocycles. The number of hydrogen-bond acceptors (Lipinski definition) is 5. The Bertz CT molecular complexity index is 461. The molecule has 0 aromatic carbocycles. The van der Waals surface area contributed by atoms with Gasteiger partial charge in [0, 0.05) is 19.3 Å². The molecule has 0 atom stereocenters. The number of aliphatic hydroxyl groups is 1. The number of nitrogens with one attached hydrogen (secondary N) is 2. The minimum Gasteiger partial charge on any atom is -0.388 e. The molecule has 0 unspecified atom stereocenters. The zero-order chi connectivity index (χ0) is 15.3. The highest BCUT2D eigenvalue weighted by Gasteiger charge is 2.31. The Balaban J connectivity index is 1.95. The second-order valence-electron chi connectivity index (χ2n) is 6.08. The first-order chi connectivity index (χ1) is 10.0. The van der Waals surface area contributed by atoms with Crippen LogP contribution in [-0.4, -0.2) is 33.8 Å². The first kappa shape index (κ1) is 16.5. The molecule has 0 aliphatic heterocycles. The zero-order valence-electron chi connectivity index (χ0n) is 12.8. The van der Waals surface area contributed by atoms with Crippen LogP contribution < -0.4 is 10.6 Å². The lowest BCUT2D eigenvalue weighted by molar-refractivity contribution is 0.00493. The summed E-state index contributed by atoms with van der Waals surface area (Å²) < 4.78 is 0.817. The van der Waals surface area contributed by atoms with E-state index in [1.807, 2.05) is 0 Å². The SMILES string of the molecule is CCCNc1ncc(Br)c(NCC2(O)CCC(C)CC2)n1. The maximum absolute atomic E-state index is 10.6. The molecule has 0 radical (unpaired) electrons. The zero-order valence-corrected chi connectivity index (χ0v) is 14.4. The van der Waals surface area contributed by atoms with Crippen LogP contribution in [0.4, 0.5) is 11.8 Å². The maximum atomic E-state index is 10.6. The number of halogens is 1. The molecule has 5 nitrogen and oxygen atoms in total. The first-order valence-corrected chi connectivity index (χ1v) is 8.54. The van der Waals surface area contributed by atoms with Crippen molar-refractivity contribution in [1.29, 1.82) is 0 Å². The molecule has 1 aromatic heterocycles. The molecule has 118 valence electrons. The fourth-order valence-corrected chi connectivity index (χ4v) is 2.87. The summed E-state index contributed by atoms with van der Waals surface area (Å²) >= 11 is 3.45. The van der Waals surface area contributed by atoms with Crippen molar-refractivity contribution >= 4 is 27.7 Å². The molecule has 2 rings (SSSR count). The van der Waals surface area contributed by atoms with Crippen LogP contribution in [0, 0.1) is 5.92 Å². The Labute approximate surface area is 135 Å². The van der Waals surface area contributed by atoms with Gasteiger partial charge < -0.3 is 15.7 Å². The van der Waals surface area contributed by atoms with Gasteiger partial charge in [-0.15, -0.1) is 0 Å². The summed E-state index contributed by atoms with van der Waals surface area (Å²) in [6.45, 7) is 5.73. The van der Waals surface area contributed by atoms with Crippen LogP contribution in [0.15, 0.2) is 10.7 Å². The molecule has 1 saturated carbocycles. The van der Waals surface area contributed by atoms with Crippen LogP contribution in [0.2, 0.25) is 0 Å². The molecule has 0 amide bonds. The summed E-state index contributed by atoms with van der Waals surface area (Å²) in [6.07, 6.45) is 6.65. The predicted molar refractivity (Wildman–Crippen MR) is 89.6 cm³/mol. The van der Waals surface area contributed by atoms with Gasteiger partial charge in [0.25, 0.3) is 0 Å². The lowest BCUT2D eigenvalue weighted by atomic mass is 9.79. The van der Waals surface area contributed by atoms with Gasteiger partial charge in [-0.1, -0.05) is 13.8 Å². The molecular weight excluding hydrogens is 332 g/mol. The number of aromatic nitrogens is 2. The normalized spacial score (nSPS) is 25.6. The van der Waals surface area contributed by atoms with Crippen LogP contribution in [0.1, 0.15) is 46.0 Å². The molecule has 0 bridgehead atoms. The van der Waals surface area contributed by atoms with Gasteiger partial charge in [-0.2, -0.15) is 4.98 Å². The average molecular weight is 357 g/mol. The molecule has 1 heterocycles. The maximum Gasteiger partial charge on any atom is 0.224 e. The number of rotatable bonds is 6. The fourth-order valence-electron chi connectivity index (χ4n) is 2.54. The van der Waals surface area contributed by atoms with Crippen molar-refractivity contribution in [2.45, 2.75) is 51.6 Å². The van der Waals surface area contributed by atoms with Gasteiger partial charge in [0.1, 0.15) is 5.82 Å². The van der Waals surface area contributed by atoms with Crippen LogP contribution in [-0.2, 0) is 0 Å². The Kier molecular flexibility index (Phi) is 5.81. The van der Waals surface area contributed by atoms with Crippen molar-refractivity contribution in [3.63, 3.8) is 0 Å². The molecule has 3 N–H and O–H groups in total. The number of anilines is 2. The van der Waals surface area contributed by atoms with Crippen LogP contribution in [0.25, 0.3) is 0 Å². The largest absolute Gasteiger partial charge is 0.388 e. The van der Waals surface area contributed by atoms with E-state index < -0.39 is 5.60 Å². The molecule has 0 spiro atoms. The van der Waals surface area contributed by atoms with Crippen molar-refractivity contribution in [2.24, 2.45) is 5.92 Å². The quantitative estimate of drug-likeness (QED) is 0.728. The van der Waals surface area contributed by atoms with Crippen LogP contribution in [0.3, 0.4) is 0 Å². The van der Waals surface area contributed by atoms with Gasteiger partial charge in [0.15, 0.2) is 0 Å².